The molecule has 5 rings (SSSR count). The lowest BCUT2D eigenvalue weighted by Crippen LogP contribution is -2.41. The van der Waals surface area contributed by atoms with Crippen molar-refractivity contribution >= 4 is 46.0 Å². The number of amides is 1. The van der Waals surface area contributed by atoms with Crippen LogP contribution in [0.4, 0.5) is 10.5 Å². The van der Waals surface area contributed by atoms with E-state index in [1.807, 2.05) is 32.9 Å². The average molecular weight is 559 g/mol. The third-order valence-electron chi connectivity index (χ3n) is 7.34. The topological polar surface area (TPSA) is 71.4 Å². The van der Waals surface area contributed by atoms with Gasteiger partial charge in [0.15, 0.2) is 0 Å². The van der Waals surface area contributed by atoms with Gasteiger partial charge in [-0.3, -0.25) is 0 Å². The number of rotatable bonds is 6. The van der Waals surface area contributed by atoms with Crippen LogP contribution in [0.25, 0.3) is 11.0 Å². The Balaban J connectivity index is 1.34. The smallest absolute Gasteiger partial charge is 0.410 e. The molecule has 204 valence electrons. The highest BCUT2D eigenvalue weighted by Gasteiger charge is 2.30. The summed E-state index contributed by atoms with van der Waals surface area (Å²) in [4.78, 5) is 19.4. The SMILES string of the molecule is CC(C)(C)OC(=O)N1CCC(c2nc3cc(Cl)c(Cl)cc3n2Cc2ccc(NC[C@@H]3CCCN3)cc2)CC1. The summed E-state index contributed by atoms with van der Waals surface area (Å²) in [6.45, 7) is 9.70. The predicted molar refractivity (Wildman–Crippen MR) is 155 cm³/mol. The van der Waals surface area contributed by atoms with E-state index >= 15 is 0 Å². The summed E-state index contributed by atoms with van der Waals surface area (Å²) in [6.07, 6.45) is 3.87. The van der Waals surface area contributed by atoms with E-state index in [-0.39, 0.29) is 12.0 Å². The maximum atomic E-state index is 12.6. The number of carbonyl (C=O) groups is 1. The van der Waals surface area contributed by atoms with Gasteiger partial charge in [-0.05, 0) is 82.8 Å². The normalized spacial score (nSPS) is 18.8. The van der Waals surface area contributed by atoms with Crippen LogP contribution in [-0.4, -0.2) is 58.4 Å². The molecular weight excluding hydrogens is 521 g/mol. The fourth-order valence-electron chi connectivity index (χ4n) is 5.35. The largest absolute Gasteiger partial charge is 0.444 e. The first-order chi connectivity index (χ1) is 18.2. The molecule has 2 aliphatic heterocycles. The Kier molecular flexibility index (Phi) is 8.08. The van der Waals surface area contributed by atoms with Gasteiger partial charge in [-0.15, -0.1) is 0 Å². The van der Waals surface area contributed by atoms with E-state index in [1.54, 1.807) is 4.90 Å². The minimum Gasteiger partial charge on any atom is -0.444 e. The van der Waals surface area contributed by atoms with Gasteiger partial charge < -0.3 is 24.8 Å². The van der Waals surface area contributed by atoms with Crippen molar-refractivity contribution in [3.05, 3.63) is 57.8 Å². The Morgan fingerprint density at radius 3 is 2.47 bits per heavy atom. The first-order valence-corrected chi connectivity index (χ1v) is 14.3. The van der Waals surface area contributed by atoms with E-state index in [2.05, 4.69) is 39.5 Å². The molecule has 0 bridgehead atoms. The Morgan fingerprint density at radius 2 is 1.82 bits per heavy atom. The van der Waals surface area contributed by atoms with E-state index in [0.717, 1.165) is 48.5 Å². The third kappa shape index (κ3) is 6.38. The molecule has 0 unspecified atom stereocenters. The first-order valence-electron chi connectivity index (χ1n) is 13.6. The van der Waals surface area contributed by atoms with Crippen LogP contribution in [-0.2, 0) is 11.3 Å². The summed E-state index contributed by atoms with van der Waals surface area (Å²) >= 11 is 12.8. The third-order valence-corrected chi connectivity index (χ3v) is 8.06. The molecule has 2 saturated heterocycles. The van der Waals surface area contributed by atoms with E-state index < -0.39 is 5.60 Å². The van der Waals surface area contributed by atoms with Crippen LogP contribution in [0.3, 0.4) is 0 Å². The number of imidazole rings is 1. The average Bonchev–Trinajstić information content (AvgIpc) is 3.52. The van der Waals surface area contributed by atoms with Gasteiger partial charge >= 0.3 is 6.09 Å². The highest BCUT2D eigenvalue weighted by molar-refractivity contribution is 6.42. The van der Waals surface area contributed by atoms with E-state index in [4.69, 9.17) is 32.9 Å². The second-order valence-corrected chi connectivity index (χ2v) is 12.2. The summed E-state index contributed by atoms with van der Waals surface area (Å²) in [5, 5.41) is 8.10. The minimum atomic E-state index is -0.501. The van der Waals surface area contributed by atoms with Crippen molar-refractivity contribution in [2.45, 2.75) is 70.6 Å². The zero-order valence-corrected chi connectivity index (χ0v) is 23.9. The number of hydrogen-bond donors (Lipinski definition) is 2. The number of nitrogens with zero attached hydrogens (tertiary/aromatic N) is 3. The van der Waals surface area contributed by atoms with Crippen molar-refractivity contribution in [1.29, 1.82) is 0 Å². The van der Waals surface area contributed by atoms with Gasteiger partial charge in [-0.25, -0.2) is 9.78 Å². The maximum absolute atomic E-state index is 12.6. The number of nitrogens with one attached hydrogen (secondary N) is 2. The number of fused-ring (bicyclic) bond motifs is 1. The maximum Gasteiger partial charge on any atom is 0.410 e. The van der Waals surface area contributed by atoms with Crippen LogP contribution < -0.4 is 10.6 Å². The summed E-state index contributed by atoms with van der Waals surface area (Å²) in [5.41, 5.74) is 3.62. The fourth-order valence-corrected chi connectivity index (χ4v) is 5.66. The van der Waals surface area contributed by atoms with E-state index in [0.29, 0.717) is 35.7 Å². The summed E-state index contributed by atoms with van der Waals surface area (Å²) < 4.78 is 7.84. The summed E-state index contributed by atoms with van der Waals surface area (Å²) in [7, 11) is 0. The van der Waals surface area contributed by atoms with Gasteiger partial charge in [-0.2, -0.15) is 0 Å². The molecule has 3 aromatic rings. The second kappa shape index (κ2) is 11.3. The van der Waals surface area contributed by atoms with Crippen molar-refractivity contribution in [3.8, 4) is 0 Å². The zero-order chi connectivity index (χ0) is 26.9. The number of carbonyl (C=O) groups excluding carboxylic acids is 1. The highest BCUT2D eigenvalue weighted by atomic mass is 35.5. The van der Waals surface area contributed by atoms with Gasteiger partial charge in [0.2, 0.25) is 0 Å². The van der Waals surface area contributed by atoms with Gasteiger partial charge in [0, 0.05) is 43.8 Å². The van der Waals surface area contributed by atoms with Crippen molar-refractivity contribution in [2.24, 2.45) is 0 Å². The van der Waals surface area contributed by atoms with Crippen LogP contribution in [0.2, 0.25) is 10.0 Å². The van der Waals surface area contributed by atoms with Crippen LogP contribution in [0.15, 0.2) is 36.4 Å². The van der Waals surface area contributed by atoms with Crippen LogP contribution in [0.1, 0.15) is 63.8 Å². The molecule has 1 atom stereocenters. The second-order valence-electron chi connectivity index (χ2n) is 11.4. The number of piperidine rings is 1. The summed E-state index contributed by atoms with van der Waals surface area (Å²) in [6, 6.07) is 12.9. The van der Waals surface area contributed by atoms with Crippen LogP contribution in [0, 0.1) is 0 Å². The van der Waals surface area contributed by atoms with Crippen molar-refractivity contribution in [1.82, 2.24) is 19.8 Å². The van der Waals surface area contributed by atoms with Gasteiger partial charge in [0.25, 0.3) is 0 Å². The quantitative estimate of drug-likeness (QED) is 0.354. The number of anilines is 1. The van der Waals surface area contributed by atoms with Gasteiger partial charge in [0.1, 0.15) is 11.4 Å². The molecule has 0 spiro atoms. The van der Waals surface area contributed by atoms with Crippen molar-refractivity contribution in [2.75, 3.05) is 31.5 Å². The summed E-state index contributed by atoms with van der Waals surface area (Å²) in [5.74, 6) is 1.23. The monoisotopic (exact) mass is 557 g/mol. The molecule has 2 N–H and O–H groups in total. The van der Waals surface area contributed by atoms with Crippen molar-refractivity contribution < 1.29 is 9.53 Å². The lowest BCUT2D eigenvalue weighted by Gasteiger charge is -2.33. The molecule has 0 aliphatic carbocycles. The molecule has 7 nitrogen and oxygen atoms in total. The molecule has 2 aromatic carbocycles. The van der Waals surface area contributed by atoms with E-state index in [1.165, 1.54) is 18.4 Å². The molecule has 1 aromatic heterocycles. The predicted octanol–water partition coefficient (Wildman–Crippen LogP) is 6.67. The minimum absolute atomic E-state index is 0.221. The Hall–Kier alpha value is -2.48. The molecule has 0 radical (unpaired) electrons. The van der Waals surface area contributed by atoms with Gasteiger partial charge in [-0.1, -0.05) is 35.3 Å². The lowest BCUT2D eigenvalue weighted by atomic mass is 9.96. The highest BCUT2D eigenvalue weighted by Crippen LogP contribution is 2.34. The van der Waals surface area contributed by atoms with Crippen LogP contribution in [0.5, 0.6) is 0 Å². The standard InChI is InChI=1S/C29H37Cl2N5O2/c1-29(2,3)38-28(37)35-13-10-20(11-14-35)27-34-25-15-23(30)24(31)16-26(25)36(27)18-19-6-8-21(9-7-19)33-17-22-5-4-12-32-22/h6-9,15-16,20,22,32-33H,4-5,10-14,17-18H2,1-3H3/t22-/m0/s1. The van der Waals surface area contributed by atoms with Gasteiger partial charge in [0.05, 0.1) is 21.1 Å². The Bertz CT molecular complexity index is 1270. The molecule has 38 heavy (non-hydrogen) atoms. The fraction of sp³-hybridized carbons (Fsp3) is 0.517. The molecule has 0 saturated carbocycles. The molecule has 3 heterocycles. The number of hydrogen-bond acceptors (Lipinski definition) is 5. The van der Waals surface area contributed by atoms with E-state index in [9.17, 15) is 4.79 Å². The number of ether oxygens (including phenoxy) is 1. The number of likely N-dealkylation sites (tertiary alicyclic amines) is 1. The molecule has 2 aliphatic rings. The molecule has 2 fully saturated rings. The number of halogens is 2. The Labute approximate surface area is 234 Å². The zero-order valence-electron chi connectivity index (χ0n) is 22.4. The first kappa shape index (κ1) is 27.1. The molecular formula is C29H37Cl2N5O2. The number of aromatic nitrogens is 2. The van der Waals surface area contributed by atoms with Crippen molar-refractivity contribution in [3.63, 3.8) is 0 Å². The van der Waals surface area contributed by atoms with Crippen LogP contribution >= 0.6 is 23.2 Å². The Morgan fingerprint density at radius 1 is 1.11 bits per heavy atom. The molecule has 1 amide bonds. The molecule has 9 heteroatoms. The lowest BCUT2D eigenvalue weighted by molar-refractivity contribution is 0.0202. The number of benzene rings is 2.